The maximum absolute atomic E-state index is 14.3. The molecule has 4 rings (SSSR count). The van der Waals surface area contributed by atoms with Gasteiger partial charge in [-0.2, -0.15) is 26.3 Å². The number of benzene rings is 3. The molecule has 4 amide bonds. The fraction of sp³-hybridized carbons (Fsp3) is 0.452. The van der Waals surface area contributed by atoms with E-state index in [-0.39, 0.29) is 69.0 Å². The summed E-state index contributed by atoms with van der Waals surface area (Å²) in [7, 11) is 0. The number of nitrogens with two attached hydrogens (primary N) is 3. The number of hydrogen-bond donors (Lipinski definition) is 6. The van der Waals surface area contributed by atoms with Gasteiger partial charge in [-0.15, -0.1) is 0 Å². The van der Waals surface area contributed by atoms with E-state index in [4.69, 9.17) is 17.2 Å². The molecule has 3 atom stereocenters. The molecule has 3 aromatic carbocycles. The third-order valence-electron chi connectivity index (χ3n) is 10.1. The Kier molecular flexibility index (Phi) is 15.8. The zero-order chi connectivity index (χ0) is 45.4. The topological polar surface area (TPSA) is 209 Å². The number of hydrogen-bond acceptors (Lipinski definition) is 7. The lowest BCUT2D eigenvalue weighted by Crippen LogP contribution is -2.57. The van der Waals surface area contributed by atoms with Crippen molar-refractivity contribution in [2.45, 2.75) is 96.9 Å². The second-order valence-corrected chi connectivity index (χ2v) is 15.7. The Morgan fingerprint density at radius 3 is 2.08 bits per heavy atom. The summed E-state index contributed by atoms with van der Waals surface area (Å²) in [5.74, 6) is -3.27. The first-order valence-corrected chi connectivity index (χ1v) is 19.5. The molecule has 9 N–H and O–H groups in total. The van der Waals surface area contributed by atoms with Gasteiger partial charge in [-0.25, -0.2) is 0 Å². The van der Waals surface area contributed by atoms with E-state index in [1.54, 1.807) is 52.0 Å². The van der Waals surface area contributed by atoms with Crippen molar-refractivity contribution in [2.75, 3.05) is 19.6 Å². The summed E-state index contributed by atoms with van der Waals surface area (Å²) < 4.78 is 82.1. The number of fused-ring (bicyclic) bond motifs is 1. The number of aliphatic imine (C=N–C) groups is 1. The van der Waals surface area contributed by atoms with Gasteiger partial charge in [0.15, 0.2) is 5.96 Å². The molecule has 3 aromatic rings. The Labute approximate surface area is 349 Å². The zero-order valence-electron chi connectivity index (χ0n) is 34.3. The number of aromatic hydroxyl groups is 1. The Hall–Kier alpha value is -5.85. The van der Waals surface area contributed by atoms with Crippen molar-refractivity contribution in [3.63, 3.8) is 0 Å². The van der Waals surface area contributed by atoms with Crippen molar-refractivity contribution in [2.24, 2.45) is 28.1 Å². The highest BCUT2D eigenvalue weighted by Gasteiger charge is 2.38. The largest absolute Gasteiger partial charge is 0.508 e. The van der Waals surface area contributed by atoms with Gasteiger partial charge in [0.25, 0.3) is 0 Å². The number of phenolic OH excluding ortho intramolecular Hbond substituents is 1. The lowest BCUT2D eigenvalue weighted by atomic mass is 9.95. The van der Waals surface area contributed by atoms with E-state index in [2.05, 4.69) is 15.6 Å². The smallest absolute Gasteiger partial charge is 0.416 e. The van der Waals surface area contributed by atoms with Gasteiger partial charge in [0.1, 0.15) is 24.4 Å². The van der Waals surface area contributed by atoms with Crippen LogP contribution in [0.2, 0.25) is 0 Å². The van der Waals surface area contributed by atoms with Crippen LogP contribution in [0.15, 0.2) is 59.6 Å². The van der Waals surface area contributed by atoms with Crippen LogP contribution in [0.25, 0.3) is 0 Å². The van der Waals surface area contributed by atoms with Gasteiger partial charge in [0, 0.05) is 32.6 Å². The first-order chi connectivity index (χ1) is 28.4. The zero-order valence-corrected chi connectivity index (χ0v) is 34.3. The van der Waals surface area contributed by atoms with Gasteiger partial charge in [0.05, 0.1) is 17.2 Å². The van der Waals surface area contributed by atoms with Gasteiger partial charge >= 0.3 is 12.4 Å². The third-order valence-corrected chi connectivity index (χ3v) is 10.1. The Balaban J connectivity index is 1.60. The minimum Gasteiger partial charge on any atom is -0.508 e. The fourth-order valence-electron chi connectivity index (χ4n) is 7.19. The van der Waals surface area contributed by atoms with Gasteiger partial charge in [-0.1, -0.05) is 38.1 Å². The molecule has 0 radical (unpaired) electrons. The van der Waals surface area contributed by atoms with Crippen LogP contribution in [0.5, 0.6) is 5.75 Å². The highest BCUT2D eigenvalue weighted by Crippen LogP contribution is 2.37. The SMILES string of the molecule is Cc1cc(O)cc(C)c1C[C@H](N)C(=O)N[C@H](CCCN=C(N)N)C(=O)N[C@H]1Cc2ccccc2CN(CC(=O)N(Cc2cc(C(F)(F)F)cc(C(F)(F)F)c2)CC(C)C)C1=O. The summed E-state index contributed by atoms with van der Waals surface area (Å²) in [5.41, 5.74) is 17.2. The summed E-state index contributed by atoms with van der Waals surface area (Å²) in [4.78, 5) is 62.0. The predicted octanol–water partition coefficient (Wildman–Crippen LogP) is 4.21. The second kappa shape index (κ2) is 20.1. The van der Waals surface area contributed by atoms with E-state index < -0.39 is 83.9 Å². The maximum Gasteiger partial charge on any atom is 0.416 e. The molecule has 0 saturated carbocycles. The summed E-state index contributed by atoms with van der Waals surface area (Å²) >= 11 is 0. The van der Waals surface area contributed by atoms with Crippen molar-refractivity contribution in [1.82, 2.24) is 20.4 Å². The second-order valence-electron chi connectivity index (χ2n) is 15.7. The van der Waals surface area contributed by atoms with Crippen LogP contribution >= 0.6 is 0 Å². The predicted molar refractivity (Wildman–Crippen MR) is 215 cm³/mol. The Morgan fingerprint density at radius 1 is 0.934 bits per heavy atom. The Bertz CT molecular complexity index is 2050. The molecule has 61 heavy (non-hydrogen) atoms. The number of nitrogens with zero attached hydrogens (tertiary/aromatic N) is 3. The lowest BCUT2D eigenvalue weighted by molar-refractivity contribution is -0.144. The highest BCUT2D eigenvalue weighted by molar-refractivity contribution is 5.94. The van der Waals surface area contributed by atoms with E-state index in [1.165, 1.54) is 17.0 Å². The van der Waals surface area contributed by atoms with Crippen LogP contribution < -0.4 is 27.8 Å². The Morgan fingerprint density at radius 2 is 1.52 bits per heavy atom. The number of carbonyl (C=O) groups is 4. The van der Waals surface area contributed by atoms with E-state index in [0.717, 1.165) is 10.5 Å². The molecular weight excluding hydrogens is 811 g/mol. The van der Waals surface area contributed by atoms with E-state index in [1.807, 2.05) is 0 Å². The summed E-state index contributed by atoms with van der Waals surface area (Å²) in [5, 5.41) is 15.3. The number of guanidine groups is 1. The summed E-state index contributed by atoms with van der Waals surface area (Å²) in [6, 6.07) is 7.49. The summed E-state index contributed by atoms with van der Waals surface area (Å²) in [6.45, 7) is 5.64. The van der Waals surface area contributed by atoms with Crippen molar-refractivity contribution in [3.8, 4) is 5.75 Å². The minimum absolute atomic E-state index is 0.00765. The lowest BCUT2D eigenvalue weighted by Gasteiger charge is -2.30. The number of amides is 4. The van der Waals surface area contributed by atoms with Crippen LogP contribution in [0.3, 0.4) is 0 Å². The number of aryl methyl sites for hydroxylation is 2. The quantitative estimate of drug-likeness (QED) is 0.0531. The molecule has 0 bridgehead atoms. The molecule has 13 nitrogen and oxygen atoms in total. The number of phenols is 1. The number of carbonyl (C=O) groups excluding carboxylic acids is 4. The molecule has 0 aliphatic carbocycles. The fourth-order valence-corrected chi connectivity index (χ4v) is 7.19. The van der Waals surface area contributed by atoms with Crippen molar-refractivity contribution in [1.29, 1.82) is 0 Å². The van der Waals surface area contributed by atoms with Crippen LogP contribution in [0.4, 0.5) is 26.3 Å². The molecule has 1 aliphatic heterocycles. The monoisotopic (exact) mass is 862 g/mol. The molecule has 19 heteroatoms. The van der Waals surface area contributed by atoms with Gasteiger partial charge in [0.2, 0.25) is 23.6 Å². The molecule has 332 valence electrons. The molecule has 0 spiro atoms. The number of halogens is 6. The van der Waals surface area contributed by atoms with E-state index in [0.29, 0.717) is 34.4 Å². The molecule has 1 aliphatic rings. The number of alkyl halides is 6. The van der Waals surface area contributed by atoms with Gasteiger partial charge < -0.3 is 42.7 Å². The van der Waals surface area contributed by atoms with Crippen LogP contribution in [0, 0.1) is 19.8 Å². The molecule has 1 heterocycles. The normalized spacial score (nSPS) is 15.4. The molecule has 0 aromatic heterocycles. The average Bonchev–Trinajstić information content (AvgIpc) is 3.27. The van der Waals surface area contributed by atoms with Crippen molar-refractivity contribution >= 4 is 29.6 Å². The molecule has 0 unspecified atom stereocenters. The summed E-state index contributed by atoms with van der Waals surface area (Å²) in [6.07, 6.45) is -9.88. The number of rotatable bonds is 16. The van der Waals surface area contributed by atoms with Crippen LogP contribution in [0.1, 0.15) is 71.2 Å². The van der Waals surface area contributed by atoms with Gasteiger partial charge in [-0.3, -0.25) is 24.2 Å². The first kappa shape index (κ1) is 47.8. The highest BCUT2D eigenvalue weighted by atomic mass is 19.4. The van der Waals surface area contributed by atoms with E-state index in [9.17, 15) is 50.6 Å². The van der Waals surface area contributed by atoms with Crippen molar-refractivity contribution < 1.29 is 50.6 Å². The van der Waals surface area contributed by atoms with E-state index >= 15 is 0 Å². The van der Waals surface area contributed by atoms with Crippen LogP contribution in [-0.4, -0.2) is 82.3 Å². The first-order valence-electron chi connectivity index (χ1n) is 19.5. The maximum atomic E-state index is 14.3. The third kappa shape index (κ3) is 13.6. The molecule has 0 fully saturated rings. The van der Waals surface area contributed by atoms with Gasteiger partial charge in [-0.05, 0) is 103 Å². The molecular formula is C42H52F6N8O5. The van der Waals surface area contributed by atoms with Crippen molar-refractivity contribution in [3.05, 3.63) is 99.1 Å². The number of nitrogens with one attached hydrogen (secondary N) is 2. The minimum atomic E-state index is -5.10. The standard InChI is InChI=1S/C42H52F6N8O5/c1-23(2)19-55(20-26-14-29(41(43,44)45)17-30(15-26)42(46,47)48)36(58)22-56-21-28-9-6-5-8-27(28)16-35(39(56)61)54-38(60)34(10-7-11-52-40(50)51)53-37(59)33(49)18-32-24(3)12-31(57)13-25(32)4/h5-6,8-9,12-15,17,23,33-35,57H,7,10-11,16,18-22,49H2,1-4H3,(H,53,59)(H,54,60)(H4,50,51,52)/t33-,34+,35-/m0/s1. The molecule has 0 saturated heterocycles. The average molecular weight is 863 g/mol. The van der Waals surface area contributed by atoms with Crippen LogP contribution in [-0.2, 0) is 57.5 Å².